The molecule has 1 heterocycles. The van der Waals surface area contributed by atoms with Gasteiger partial charge in [-0.1, -0.05) is 0 Å². The summed E-state index contributed by atoms with van der Waals surface area (Å²) in [5.41, 5.74) is 7.83. The lowest BCUT2D eigenvalue weighted by Crippen LogP contribution is -2.21. The Morgan fingerprint density at radius 2 is 2.13 bits per heavy atom. The summed E-state index contributed by atoms with van der Waals surface area (Å²) in [7, 11) is 0. The van der Waals surface area contributed by atoms with Crippen molar-refractivity contribution in [2.24, 2.45) is 5.73 Å². The molecule has 0 radical (unpaired) electrons. The van der Waals surface area contributed by atoms with Crippen LogP contribution in [-0.4, -0.2) is 22.1 Å². The Bertz CT molecular complexity index is 350. The number of hydrogen-bond donors (Lipinski definition) is 2. The van der Waals surface area contributed by atoms with Crippen molar-refractivity contribution in [3.8, 4) is 0 Å². The summed E-state index contributed by atoms with van der Waals surface area (Å²) in [5.74, 6) is 0.872. The largest absolute Gasteiger partial charge is 0.366 e. The van der Waals surface area contributed by atoms with Crippen LogP contribution in [0.2, 0.25) is 0 Å². The average Bonchev–Trinajstić information content (AvgIpc) is 2.58. The predicted molar refractivity (Wildman–Crippen MR) is 60.7 cm³/mol. The van der Waals surface area contributed by atoms with Gasteiger partial charge in [-0.2, -0.15) is 0 Å². The molecular weight excluding hydrogens is 188 g/mol. The molecule has 1 aliphatic rings. The third-order valence-electron chi connectivity index (χ3n) is 3.02. The van der Waals surface area contributed by atoms with Crippen LogP contribution in [0, 0.1) is 13.8 Å². The van der Waals surface area contributed by atoms with Crippen molar-refractivity contribution in [3.05, 3.63) is 17.6 Å². The summed E-state index contributed by atoms with van der Waals surface area (Å²) in [6, 6.07) is 0.818. The maximum atomic E-state index is 5.86. The summed E-state index contributed by atoms with van der Waals surface area (Å²) < 4.78 is 0. The van der Waals surface area contributed by atoms with Gasteiger partial charge in [0.15, 0.2) is 0 Å². The fourth-order valence-electron chi connectivity index (χ4n) is 1.97. The van der Waals surface area contributed by atoms with Crippen molar-refractivity contribution in [2.45, 2.75) is 45.2 Å². The smallest absolute Gasteiger partial charge is 0.145 e. The Labute approximate surface area is 90.3 Å². The van der Waals surface area contributed by atoms with E-state index in [1.807, 2.05) is 13.8 Å². The van der Waals surface area contributed by atoms with E-state index in [1.165, 1.54) is 0 Å². The van der Waals surface area contributed by atoms with Crippen molar-refractivity contribution in [3.63, 3.8) is 0 Å². The summed E-state index contributed by atoms with van der Waals surface area (Å²) in [5, 5.41) is 3.39. The van der Waals surface area contributed by atoms with E-state index in [4.69, 9.17) is 5.73 Å². The van der Waals surface area contributed by atoms with Crippen LogP contribution in [0.4, 0.5) is 5.82 Å². The van der Waals surface area contributed by atoms with Crippen molar-refractivity contribution < 1.29 is 0 Å². The Morgan fingerprint density at radius 1 is 1.33 bits per heavy atom. The minimum atomic E-state index is 0.349. The van der Waals surface area contributed by atoms with Gasteiger partial charge in [0.05, 0.1) is 17.6 Å². The van der Waals surface area contributed by atoms with Crippen molar-refractivity contribution in [1.82, 2.24) is 9.97 Å². The first-order chi connectivity index (χ1) is 7.15. The minimum Gasteiger partial charge on any atom is -0.366 e. The molecule has 0 bridgehead atoms. The molecule has 1 saturated carbocycles. The minimum absolute atomic E-state index is 0.349. The first-order valence-electron chi connectivity index (χ1n) is 5.47. The third kappa shape index (κ3) is 2.45. The molecule has 3 N–H and O–H groups in total. The van der Waals surface area contributed by atoms with E-state index >= 15 is 0 Å². The van der Waals surface area contributed by atoms with Crippen molar-refractivity contribution in [2.75, 3.05) is 5.32 Å². The standard InChI is InChI=1S/C11H18N4/c1-7-8(2)14-11(6-13-7)15-10-4-3-9(12)5-10/h6,9-10H,3-5,12H2,1-2H3,(H,14,15)/t9-,10-/m0/s1. The summed E-state index contributed by atoms with van der Waals surface area (Å²) in [6.07, 6.45) is 5.08. The highest BCUT2D eigenvalue weighted by molar-refractivity contribution is 5.34. The molecule has 0 spiro atoms. The lowest BCUT2D eigenvalue weighted by molar-refractivity contribution is 0.686. The monoisotopic (exact) mass is 206 g/mol. The van der Waals surface area contributed by atoms with Crippen LogP contribution in [0.1, 0.15) is 30.7 Å². The second-order valence-corrected chi connectivity index (χ2v) is 4.34. The number of hydrogen-bond acceptors (Lipinski definition) is 4. The number of aromatic nitrogens is 2. The third-order valence-corrected chi connectivity index (χ3v) is 3.02. The number of aryl methyl sites for hydroxylation is 2. The van der Waals surface area contributed by atoms with Gasteiger partial charge >= 0.3 is 0 Å². The zero-order valence-electron chi connectivity index (χ0n) is 9.33. The quantitative estimate of drug-likeness (QED) is 0.767. The molecule has 82 valence electrons. The molecule has 0 amide bonds. The van der Waals surface area contributed by atoms with Gasteiger partial charge in [-0.3, -0.25) is 4.98 Å². The van der Waals surface area contributed by atoms with Crippen LogP contribution in [0.25, 0.3) is 0 Å². The zero-order chi connectivity index (χ0) is 10.8. The topological polar surface area (TPSA) is 63.8 Å². The van der Waals surface area contributed by atoms with Crippen LogP contribution in [0.3, 0.4) is 0 Å². The van der Waals surface area contributed by atoms with Gasteiger partial charge in [0, 0.05) is 12.1 Å². The van der Waals surface area contributed by atoms with E-state index < -0.39 is 0 Å². The van der Waals surface area contributed by atoms with E-state index in [9.17, 15) is 0 Å². The van der Waals surface area contributed by atoms with E-state index in [1.54, 1.807) is 6.20 Å². The molecule has 0 aromatic carbocycles. The molecule has 1 aliphatic carbocycles. The Hall–Kier alpha value is -1.16. The lowest BCUT2D eigenvalue weighted by atomic mass is 10.2. The van der Waals surface area contributed by atoms with Gasteiger partial charge in [-0.25, -0.2) is 4.98 Å². The Morgan fingerprint density at radius 3 is 2.73 bits per heavy atom. The van der Waals surface area contributed by atoms with Crippen LogP contribution in [-0.2, 0) is 0 Å². The molecule has 2 atom stereocenters. The van der Waals surface area contributed by atoms with E-state index in [0.717, 1.165) is 36.5 Å². The lowest BCUT2D eigenvalue weighted by Gasteiger charge is -2.13. The first kappa shape index (κ1) is 10.4. The maximum absolute atomic E-state index is 5.86. The van der Waals surface area contributed by atoms with Crippen LogP contribution >= 0.6 is 0 Å². The van der Waals surface area contributed by atoms with Crippen LogP contribution in [0.5, 0.6) is 0 Å². The van der Waals surface area contributed by atoms with Crippen LogP contribution < -0.4 is 11.1 Å². The summed E-state index contributed by atoms with van der Waals surface area (Å²) >= 11 is 0. The van der Waals surface area contributed by atoms with Crippen molar-refractivity contribution >= 4 is 5.82 Å². The molecule has 1 aromatic heterocycles. The molecule has 0 saturated heterocycles. The Balaban J connectivity index is 2.02. The molecule has 0 unspecified atom stereocenters. The molecule has 1 fully saturated rings. The molecular formula is C11H18N4. The van der Waals surface area contributed by atoms with E-state index in [2.05, 4.69) is 15.3 Å². The number of anilines is 1. The van der Waals surface area contributed by atoms with Crippen molar-refractivity contribution in [1.29, 1.82) is 0 Å². The molecule has 0 aliphatic heterocycles. The zero-order valence-corrected chi connectivity index (χ0v) is 9.33. The van der Waals surface area contributed by atoms with E-state index in [0.29, 0.717) is 12.1 Å². The maximum Gasteiger partial charge on any atom is 0.145 e. The van der Waals surface area contributed by atoms with Gasteiger partial charge in [-0.15, -0.1) is 0 Å². The number of rotatable bonds is 2. The average molecular weight is 206 g/mol. The molecule has 15 heavy (non-hydrogen) atoms. The van der Waals surface area contributed by atoms with Gasteiger partial charge in [0.1, 0.15) is 5.82 Å². The normalized spacial score (nSPS) is 25.5. The summed E-state index contributed by atoms with van der Waals surface area (Å²) in [4.78, 5) is 8.73. The van der Waals surface area contributed by atoms with Gasteiger partial charge in [0.25, 0.3) is 0 Å². The molecule has 4 nitrogen and oxygen atoms in total. The van der Waals surface area contributed by atoms with Crippen LogP contribution in [0.15, 0.2) is 6.20 Å². The first-order valence-corrected chi connectivity index (χ1v) is 5.47. The highest BCUT2D eigenvalue weighted by atomic mass is 15.0. The highest BCUT2D eigenvalue weighted by Crippen LogP contribution is 2.20. The number of nitrogens with one attached hydrogen (secondary N) is 1. The van der Waals surface area contributed by atoms with Gasteiger partial charge in [0.2, 0.25) is 0 Å². The SMILES string of the molecule is Cc1ncc(N[C@H]2CC[C@H](N)C2)nc1C. The van der Waals surface area contributed by atoms with Gasteiger partial charge < -0.3 is 11.1 Å². The van der Waals surface area contributed by atoms with Gasteiger partial charge in [-0.05, 0) is 33.1 Å². The predicted octanol–water partition coefficient (Wildman–Crippen LogP) is 1.39. The number of nitrogens with zero attached hydrogens (tertiary/aromatic N) is 2. The summed E-state index contributed by atoms with van der Waals surface area (Å²) in [6.45, 7) is 3.95. The molecule has 2 rings (SSSR count). The van der Waals surface area contributed by atoms with E-state index in [-0.39, 0.29) is 0 Å². The second kappa shape index (κ2) is 4.14. The molecule has 1 aromatic rings. The molecule has 4 heteroatoms. The Kier molecular flexibility index (Phi) is 2.86. The fraction of sp³-hybridized carbons (Fsp3) is 0.636. The second-order valence-electron chi connectivity index (χ2n) is 4.34. The fourth-order valence-corrected chi connectivity index (χ4v) is 1.97. The number of nitrogens with two attached hydrogens (primary N) is 1. The highest BCUT2D eigenvalue weighted by Gasteiger charge is 2.21.